The van der Waals surface area contributed by atoms with Crippen LogP contribution in [0.4, 0.5) is 8.78 Å². The van der Waals surface area contributed by atoms with Crippen LogP contribution in [0.15, 0.2) is 48.5 Å². The minimum atomic E-state index is -1.14. The van der Waals surface area contributed by atoms with Gasteiger partial charge in [0, 0.05) is 6.08 Å². The molecule has 0 aliphatic carbocycles. The van der Waals surface area contributed by atoms with Crippen molar-refractivity contribution in [2.45, 2.75) is 0 Å². The summed E-state index contributed by atoms with van der Waals surface area (Å²) in [4.78, 5) is 22.2. The molecule has 0 heterocycles. The molecular formula is C16H10F2O4. The number of carbonyl (C=O) groups is 2. The number of hydrogen-bond acceptors (Lipinski definition) is 3. The fraction of sp³-hybridized carbons (Fsp3) is 0. The van der Waals surface area contributed by atoms with E-state index in [9.17, 15) is 18.4 Å². The maximum absolute atomic E-state index is 13.0. The Morgan fingerprint density at radius 3 is 2.27 bits per heavy atom. The largest absolute Gasteiger partial charge is 0.478 e. The molecule has 0 unspecified atom stereocenters. The van der Waals surface area contributed by atoms with Gasteiger partial charge in [0.2, 0.25) is 0 Å². The minimum Gasteiger partial charge on any atom is -0.478 e. The summed E-state index contributed by atoms with van der Waals surface area (Å²) in [6.45, 7) is 0. The second-order valence-electron chi connectivity index (χ2n) is 4.26. The Kier molecular flexibility index (Phi) is 4.63. The Balaban J connectivity index is 2.08. The molecule has 0 fully saturated rings. The molecule has 0 aromatic heterocycles. The standard InChI is InChI=1S/C16H10F2O4/c17-13-7-4-11(9-14(13)18)16(21)22-12-5-1-10(2-6-12)3-8-15(19)20/h1-9H,(H,19,20)/b8-3+. The molecule has 2 aromatic carbocycles. The highest BCUT2D eigenvalue weighted by atomic mass is 19.2. The number of halogens is 2. The lowest BCUT2D eigenvalue weighted by molar-refractivity contribution is -0.131. The maximum atomic E-state index is 13.0. The highest BCUT2D eigenvalue weighted by molar-refractivity contribution is 5.91. The molecule has 0 bridgehead atoms. The van der Waals surface area contributed by atoms with Crippen LogP contribution in [0.5, 0.6) is 5.75 Å². The van der Waals surface area contributed by atoms with Gasteiger partial charge in [0.15, 0.2) is 11.6 Å². The molecule has 0 saturated heterocycles. The van der Waals surface area contributed by atoms with Crippen LogP contribution in [0.3, 0.4) is 0 Å². The van der Waals surface area contributed by atoms with Crippen LogP contribution in [0.1, 0.15) is 15.9 Å². The number of carbonyl (C=O) groups excluding carboxylic acids is 1. The average Bonchev–Trinajstić information content (AvgIpc) is 2.49. The topological polar surface area (TPSA) is 63.6 Å². The van der Waals surface area contributed by atoms with Gasteiger partial charge in [0.05, 0.1) is 5.56 Å². The zero-order chi connectivity index (χ0) is 16.1. The van der Waals surface area contributed by atoms with Gasteiger partial charge in [0.25, 0.3) is 0 Å². The normalized spacial score (nSPS) is 10.6. The van der Waals surface area contributed by atoms with Crippen molar-refractivity contribution in [3.63, 3.8) is 0 Å². The predicted molar refractivity (Wildman–Crippen MR) is 74.4 cm³/mol. The van der Waals surface area contributed by atoms with E-state index in [4.69, 9.17) is 9.84 Å². The predicted octanol–water partition coefficient (Wildman–Crippen LogP) is 3.28. The van der Waals surface area contributed by atoms with Crippen molar-refractivity contribution in [1.82, 2.24) is 0 Å². The van der Waals surface area contributed by atoms with Gasteiger partial charge in [-0.2, -0.15) is 0 Å². The van der Waals surface area contributed by atoms with Gasteiger partial charge in [0.1, 0.15) is 5.75 Å². The van der Waals surface area contributed by atoms with E-state index in [0.717, 1.165) is 24.3 Å². The quantitative estimate of drug-likeness (QED) is 0.535. The number of rotatable bonds is 4. The summed E-state index contributed by atoms with van der Waals surface area (Å²) in [7, 11) is 0. The van der Waals surface area contributed by atoms with E-state index in [1.165, 1.54) is 18.2 Å². The number of hydrogen-bond donors (Lipinski definition) is 1. The lowest BCUT2D eigenvalue weighted by atomic mass is 10.2. The molecule has 0 aliphatic heterocycles. The van der Waals surface area contributed by atoms with Crippen LogP contribution in [0.25, 0.3) is 6.08 Å². The fourth-order valence-electron chi connectivity index (χ4n) is 1.60. The van der Waals surface area contributed by atoms with Crippen LogP contribution >= 0.6 is 0 Å². The Labute approximate surface area is 124 Å². The summed E-state index contributed by atoms with van der Waals surface area (Å²) in [5.74, 6) is -3.89. The zero-order valence-electron chi connectivity index (χ0n) is 11.1. The Bertz CT molecular complexity index is 736. The monoisotopic (exact) mass is 304 g/mol. The Morgan fingerprint density at radius 1 is 1.00 bits per heavy atom. The number of ether oxygens (including phenoxy) is 1. The molecule has 0 spiro atoms. The van der Waals surface area contributed by atoms with E-state index < -0.39 is 23.6 Å². The van der Waals surface area contributed by atoms with Crippen molar-refractivity contribution in [3.05, 3.63) is 71.3 Å². The van der Waals surface area contributed by atoms with Gasteiger partial charge in [-0.15, -0.1) is 0 Å². The van der Waals surface area contributed by atoms with Crippen molar-refractivity contribution >= 4 is 18.0 Å². The van der Waals surface area contributed by atoms with Crippen LogP contribution in [-0.4, -0.2) is 17.0 Å². The molecule has 112 valence electrons. The first-order valence-electron chi connectivity index (χ1n) is 6.14. The second kappa shape index (κ2) is 6.62. The lowest BCUT2D eigenvalue weighted by Crippen LogP contribution is -2.09. The number of benzene rings is 2. The molecule has 0 radical (unpaired) electrons. The van der Waals surface area contributed by atoms with Crippen LogP contribution < -0.4 is 4.74 Å². The van der Waals surface area contributed by atoms with Gasteiger partial charge in [-0.05, 0) is 42.0 Å². The van der Waals surface area contributed by atoms with Crippen molar-refractivity contribution in [2.24, 2.45) is 0 Å². The third kappa shape index (κ3) is 3.99. The average molecular weight is 304 g/mol. The highest BCUT2D eigenvalue weighted by Crippen LogP contribution is 2.16. The first-order chi connectivity index (χ1) is 10.5. The number of esters is 1. The molecule has 0 atom stereocenters. The highest BCUT2D eigenvalue weighted by Gasteiger charge is 2.11. The molecule has 0 amide bonds. The second-order valence-corrected chi connectivity index (χ2v) is 4.26. The van der Waals surface area contributed by atoms with Gasteiger partial charge in [-0.1, -0.05) is 12.1 Å². The van der Waals surface area contributed by atoms with Crippen molar-refractivity contribution in [3.8, 4) is 5.75 Å². The van der Waals surface area contributed by atoms with Gasteiger partial charge in [-0.3, -0.25) is 0 Å². The summed E-state index contributed by atoms with van der Waals surface area (Å²) in [5, 5.41) is 8.50. The van der Waals surface area contributed by atoms with Crippen LogP contribution in [0, 0.1) is 11.6 Å². The molecule has 6 heteroatoms. The third-order valence-corrected chi connectivity index (χ3v) is 2.66. The van der Waals surface area contributed by atoms with Crippen molar-refractivity contribution < 1.29 is 28.2 Å². The molecule has 0 saturated carbocycles. The van der Waals surface area contributed by atoms with Crippen LogP contribution in [0.2, 0.25) is 0 Å². The smallest absolute Gasteiger partial charge is 0.343 e. The summed E-state index contributed by atoms with van der Waals surface area (Å²) in [6, 6.07) is 8.72. The lowest BCUT2D eigenvalue weighted by Gasteiger charge is -2.05. The fourth-order valence-corrected chi connectivity index (χ4v) is 1.60. The first-order valence-corrected chi connectivity index (χ1v) is 6.14. The van der Waals surface area contributed by atoms with Gasteiger partial charge in [-0.25, -0.2) is 18.4 Å². The zero-order valence-corrected chi connectivity index (χ0v) is 11.1. The van der Waals surface area contributed by atoms with Gasteiger partial charge >= 0.3 is 11.9 Å². The Morgan fingerprint density at radius 2 is 1.68 bits per heavy atom. The number of aliphatic carboxylic acids is 1. The van der Waals surface area contributed by atoms with Gasteiger partial charge < -0.3 is 9.84 Å². The molecule has 2 aromatic rings. The number of carboxylic acid groups (broad SMARTS) is 1. The molecule has 4 nitrogen and oxygen atoms in total. The summed E-state index contributed by atoms with van der Waals surface area (Å²) >= 11 is 0. The van der Waals surface area contributed by atoms with E-state index in [2.05, 4.69) is 0 Å². The molecule has 22 heavy (non-hydrogen) atoms. The van der Waals surface area contributed by atoms with E-state index in [1.54, 1.807) is 12.1 Å². The number of carboxylic acids is 1. The van der Waals surface area contributed by atoms with Crippen molar-refractivity contribution in [1.29, 1.82) is 0 Å². The third-order valence-electron chi connectivity index (χ3n) is 2.66. The summed E-state index contributed by atoms with van der Waals surface area (Å²) < 4.78 is 30.8. The first kappa shape index (κ1) is 15.4. The molecular weight excluding hydrogens is 294 g/mol. The molecule has 1 N–H and O–H groups in total. The summed E-state index contributed by atoms with van der Waals surface area (Å²) in [6.07, 6.45) is 2.35. The molecule has 2 rings (SSSR count). The van der Waals surface area contributed by atoms with E-state index in [0.29, 0.717) is 5.56 Å². The van der Waals surface area contributed by atoms with E-state index >= 15 is 0 Å². The van der Waals surface area contributed by atoms with E-state index in [1.807, 2.05) is 0 Å². The molecule has 0 aliphatic rings. The van der Waals surface area contributed by atoms with E-state index in [-0.39, 0.29) is 11.3 Å². The van der Waals surface area contributed by atoms with Crippen LogP contribution in [-0.2, 0) is 4.79 Å². The summed E-state index contributed by atoms with van der Waals surface area (Å²) in [5.41, 5.74) is 0.490. The maximum Gasteiger partial charge on any atom is 0.343 e. The minimum absolute atomic E-state index is 0.117. The SMILES string of the molecule is O=C(O)/C=C/c1ccc(OC(=O)c2ccc(F)c(F)c2)cc1. The van der Waals surface area contributed by atoms with Crippen molar-refractivity contribution in [2.75, 3.05) is 0 Å². The Hall–Kier alpha value is -3.02.